The molecule has 1 aromatic rings. The molecule has 1 aliphatic heterocycles. The lowest BCUT2D eigenvalue weighted by atomic mass is 10.1. The number of carbonyl (C=O) groups excluding carboxylic acids is 4. The highest BCUT2D eigenvalue weighted by atomic mass is 16.5. The molecule has 0 saturated heterocycles. The van der Waals surface area contributed by atoms with E-state index in [1.165, 1.54) is 6.92 Å². The molecule has 0 aliphatic carbocycles. The summed E-state index contributed by atoms with van der Waals surface area (Å²) < 4.78 is 4.87. The number of ether oxygens (including phenoxy) is 1. The molecule has 2 rings (SSSR count). The largest absolute Gasteiger partial charge is 0.464 e. The first-order valence-corrected chi connectivity index (χ1v) is 8.97. The maximum Gasteiger partial charge on any atom is 0.328 e. The van der Waals surface area contributed by atoms with Crippen LogP contribution in [0, 0.1) is 0 Å². The third kappa shape index (κ3) is 4.51. The van der Waals surface area contributed by atoms with Crippen molar-refractivity contribution in [2.24, 2.45) is 0 Å². The fraction of sp³-hybridized carbons (Fsp3) is 0.474. The molecule has 8 nitrogen and oxygen atoms in total. The molecule has 0 spiro atoms. The number of benzene rings is 1. The fourth-order valence-corrected chi connectivity index (χ4v) is 2.95. The van der Waals surface area contributed by atoms with Gasteiger partial charge in [0.25, 0.3) is 11.8 Å². The number of nitrogens with zero attached hydrogens (tertiary/aromatic N) is 1. The Morgan fingerprint density at radius 3 is 2.26 bits per heavy atom. The zero-order chi connectivity index (χ0) is 20.0. The van der Waals surface area contributed by atoms with Crippen molar-refractivity contribution in [3.05, 3.63) is 35.4 Å². The van der Waals surface area contributed by atoms with Crippen molar-refractivity contribution >= 4 is 23.7 Å². The molecule has 0 aromatic heterocycles. The lowest BCUT2D eigenvalue weighted by Gasteiger charge is -2.26. The van der Waals surface area contributed by atoms with E-state index in [1.54, 1.807) is 31.2 Å². The summed E-state index contributed by atoms with van der Waals surface area (Å²) in [5, 5.41) is 11.5. The van der Waals surface area contributed by atoms with Crippen LogP contribution in [0.15, 0.2) is 24.3 Å². The van der Waals surface area contributed by atoms with Gasteiger partial charge in [-0.1, -0.05) is 12.1 Å². The van der Waals surface area contributed by atoms with Gasteiger partial charge in [0.2, 0.25) is 5.91 Å². The van der Waals surface area contributed by atoms with E-state index in [2.05, 4.69) is 5.32 Å². The molecule has 0 unspecified atom stereocenters. The van der Waals surface area contributed by atoms with Crippen LogP contribution < -0.4 is 5.32 Å². The van der Waals surface area contributed by atoms with E-state index in [9.17, 15) is 19.2 Å². The van der Waals surface area contributed by atoms with Gasteiger partial charge < -0.3 is 15.2 Å². The highest BCUT2D eigenvalue weighted by molar-refractivity contribution is 6.22. The number of carbonyl (C=O) groups is 4. The zero-order valence-corrected chi connectivity index (χ0v) is 15.4. The number of nitrogens with one attached hydrogen (secondary N) is 1. The average molecular weight is 376 g/mol. The average Bonchev–Trinajstić information content (AvgIpc) is 2.90. The van der Waals surface area contributed by atoms with Crippen LogP contribution in [0.4, 0.5) is 0 Å². The monoisotopic (exact) mass is 376 g/mol. The number of amides is 3. The van der Waals surface area contributed by atoms with Gasteiger partial charge in [-0.25, -0.2) is 4.79 Å². The number of fused-ring (bicyclic) bond motifs is 1. The molecule has 3 amide bonds. The predicted molar refractivity (Wildman–Crippen MR) is 95.9 cm³/mol. The predicted octanol–water partition coefficient (Wildman–Crippen LogP) is 0.882. The number of unbranched alkanes of at least 4 members (excludes halogenated alkanes) is 1. The Morgan fingerprint density at radius 1 is 1.15 bits per heavy atom. The quantitative estimate of drug-likeness (QED) is 0.376. The Balaban J connectivity index is 2.22. The molecule has 0 radical (unpaired) electrons. The molecule has 0 bridgehead atoms. The molecular formula is C19H24N2O6. The van der Waals surface area contributed by atoms with Gasteiger partial charge in [0.15, 0.2) is 0 Å². The van der Waals surface area contributed by atoms with Gasteiger partial charge in [0.1, 0.15) is 12.1 Å². The van der Waals surface area contributed by atoms with E-state index in [0.717, 1.165) is 4.90 Å². The summed E-state index contributed by atoms with van der Waals surface area (Å²) >= 11 is 0. The summed E-state index contributed by atoms with van der Waals surface area (Å²) in [7, 11) is 0. The van der Waals surface area contributed by atoms with Crippen molar-refractivity contribution in [1.29, 1.82) is 0 Å². The van der Waals surface area contributed by atoms with E-state index in [0.29, 0.717) is 12.8 Å². The number of esters is 1. The number of rotatable bonds is 9. The van der Waals surface area contributed by atoms with Gasteiger partial charge in [0, 0.05) is 6.61 Å². The van der Waals surface area contributed by atoms with Crippen molar-refractivity contribution in [2.75, 3.05) is 13.2 Å². The van der Waals surface area contributed by atoms with Crippen LogP contribution in [0.5, 0.6) is 0 Å². The van der Waals surface area contributed by atoms with Crippen LogP contribution in [-0.4, -0.2) is 59.0 Å². The minimum atomic E-state index is -1.07. The smallest absolute Gasteiger partial charge is 0.328 e. The Labute approximate surface area is 157 Å². The molecule has 0 saturated carbocycles. The summed E-state index contributed by atoms with van der Waals surface area (Å²) in [6, 6.07) is 4.40. The van der Waals surface area contributed by atoms with E-state index in [4.69, 9.17) is 9.84 Å². The number of aliphatic hydroxyl groups is 1. The third-order valence-electron chi connectivity index (χ3n) is 4.32. The molecule has 0 fully saturated rings. The Morgan fingerprint density at radius 2 is 1.74 bits per heavy atom. The van der Waals surface area contributed by atoms with E-state index in [1.807, 2.05) is 0 Å². The van der Waals surface area contributed by atoms with E-state index in [-0.39, 0.29) is 30.8 Å². The second-order valence-corrected chi connectivity index (χ2v) is 6.24. The highest BCUT2D eigenvalue weighted by Gasteiger charge is 2.42. The van der Waals surface area contributed by atoms with Crippen LogP contribution in [0.25, 0.3) is 0 Å². The van der Waals surface area contributed by atoms with Gasteiger partial charge >= 0.3 is 5.97 Å². The summed E-state index contributed by atoms with van der Waals surface area (Å²) in [5.74, 6) is -2.28. The standard InChI is InChI=1S/C19H24N2O6/c1-3-27-19(26)12(2)20-16(23)15(10-6-7-11-22)21-17(24)13-8-4-5-9-14(13)18(21)25/h4-5,8-9,12,15,22H,3,6-7,10-11H2,1-2H3,(H,20,23)/t12-,15-/m0/s1. The normalized spacial score (nSPS) is 15.3. The Bertz CT molecular complexity index is 698. The lowest BCUT2D eigenvalue weighted by Crippen LogP contribution is -2.52. The first-order valence-electron chi connectivity index (χ1n) is 8.97. The van der Waals surface area contributed by atoms with Crippen LogP contribution in [0.3, 0.4) is 0 Å². The second-order valence-electron chi connectivity index (χ2n) is 6.24. The topological polar surface area (TPSA) is 113 Å². The molecule has 27 heavy (non-hydrogen) atoms. The van der Waals surface area contributed by atoms with E-state index >= 15 is 0 Å². The van der Waals surface area contributed by atoms with Crippen molar-refractivity contribution in [1.82, 2.24) is 10.2 Å². The van der Waals surface area contributed by atoms with Crippen molar-refractivity contribution in [3.63, 3.8) is 0 Å². The van der Waals surface area contributed by atoms with Gasteiger partial charge in [-0.3, -0.25) is 19.3 Å². The summed E-state index contributed by atoms with van der Waals surface area (Å²) in [6.07, 6.45) is 1.06. The number of imide groups is 1. The van der Waals surface area contributed by atoms with Crippen LogP contribution in [0.1, 0.15) is 53.8 Å². The van der Waals surface area contributed by atoms with Crippen LogP contribution in [-0.2, 0) is 14.3 Å². The number of hydrogen-bond acceptors (Lipinski definition) is 6. The Kier molecular flexibility index (Phi) is 7.06. The Hall–Kier alpha value is -2.74. The van der Waals surface area contributed by atoms with Gasteiger partial charge in [0.05, 0.1) is 17.7 Å². The van der Waals surface area contributed by atoms with Gasteiger partial charge in [-0.2, -0.15) is 0 Å². The first kappa shape index (κ1) is 20.6. The molecular weight excluding hydrogens is 352 g/mol. The highest BCUT2D eigenvalue weighted by Crippen LogP contribution is 2.26. The molecule has 1 heterocycles. The SMILES string of the molecule is CCOC(=O)[C@H](C)NC(=O)[C@H](CCCCO)N1C(=O)c2ccccc2C1=O. The minimum Gasteiger partial charge on any atom is -0.464 e. The molecule has 146 valence electrons. The fourth-order valence-electron chi connectivity index (χ4n) is 2.95. The minimum absolute atomic E-state index is 0.0598. The van der Waals surface area contributed by atoms with Crippen molar-refractivity contribution < 1.29 is 29.0 Å². The van der Waals surface area contributed by atoms with Crippen molar-refractivity contribution in [2.45, 2.75) is 45.2 Å². The molecule has 8 heteroatoms. The molecule has 1 aliphatic rings. The first-order chi connectivity index (χ1) is 12.9. The second kappa shape index (κ2) is 9.27. The van der Waals surface area contributed by atoms with Gasteiger partial charge in [-0.05, 0) is 45.2 Å². The number of aliphatic hydroxyl groups excluding tert-OH is 1. The molecule has 2 atom stereocenters. The third-order valence-corrected chi connectivity index (χ3v) is 4.32. The summed E-state index contributed by atoms with van der Waals surface area (Å²) in [4.78, 5) is 50.9. The van der Waals surface area contributed by atoms with Crippen LogP contribution >= 0.6 is 0 Å². The van der Waals surface area contributed by atoms with Crippen molar-refractivity contribution in [3.8, 4) is 0 Å². The summed E-state index contributed by atoms with van der Waals surface area (Å²) in [5.41, 5.74) is 0.502. The summed E-state index contributed by atoms with van der Waals surface area (Å²) in [6.45, 7) is 3.25. The van der Waals surface area contributed by atoms with Gasteiger partial charge in [-0.15, -0.1) is 0 Å². The lowest BCUT2D eigenvalue weighted by molar-refractivity contribution is -0.147. The zero-order valence-electron chi connectivity index (χ0n) is 15.4. The van der Waals surface area contributed by atoms with Crippen LogP contribution in [0.2, 0.25) is 0 Å². The number of hydrogen-bond donors (Lipinski definition) is 2. The molecule has 1 aromatic carbocycles. The maximum absolute atomic E-state index is 12.8. The maximum atomic E-state index is 12.8. The molecule has 2 N–H and O–H groups in total. The van der Waals surface area contributed by atoms with E-state index < -0.39 is 35.8 Å².